The van der Waals surface area contributed by atoms with Gasteiger partial charge in [0, 0.05) is 11.6 Å². The zero-order valence-corrected chi connectivity index (χ0v) is 16.9. The van der Waals surface area contributed by atoms with Gasteiger partial charge in [-0.05, 0) is 23.8 Å². The molecule has 1 saturated heterocycles. The lowest BCUT2D eigenvalue weighted by molar-refractivity contribution is -0.126. The van der Waals surface area contributed by atoms with Gasteiger partial charge in [-0.3, -0.25) is 14.5 Å². The Morgan fingerprint density at radius 2 is 2.11 bits per heavy atom. The molecule has 1 N–H and O–H groups in total. The molecule has 1 fully saturated rings. The van der Waals surface area contributed by atoms with Crippen molar-refractivity contribution in [1.82, 2.24) is 9.88 Å². The largest absolute Gasteiger partial charge is 0.493 e. The fourth-order valence-electron chi connectivity index (χ4n) is 2.32. The van der Waals surface area contributed by atoms with Gasteiger partial charge in [-0.1, -0.05) is 30.0 Å². The fourth-order valence-corrected chi connectivity index (χ4v) is 4.12. The Morgan fingerprint density at radius 3 is 2.78 bits per heavy atom. The van der Waals surface area contributed by atoms with Gasteiger partial charge in [0.25, 0.3) is 5.91 Å². The first-order valence-corrected chi connectivity index (χ1v) is 9.79. The highest BCUT2D eigenvalue weighted by Gasteiger charge is 2.33. The van der Waals surface area contributed by atoms with Crippen LogP contribution in [0.3, 0.4) is 0 Å². The number of nitrogens with one attached hydrogen (secondary N) is 1. The van der Waals surface area contributed by atoms with Gasteiger partial charge in [0.2, 0.25) is 5.91 Å². The number of ether oxygens (including phenoxy) is 2. The van der Waals surface area contributed by atoms with Crippen LogP contribution in [0.1, 0.15) is 5.56 Å². The molecule has 0 saturated carbocycles. The summed E-state index contributed by atoms with van der Waals surface area (Å²) in [7, 11) is 3.10. The van der Waals surface area contributed by atoms with Gasteiger partial charge in [0.1, 0.15) is 10.9 Å². The molecule has 0 aliphatic carbocycles. The molecule has 10 heteroatoms. The molecule has 140 valence electrons. The molecule has 2 heterocycles. The number of thiocarbonyl (C=S) groups is 1. The Hall–Kier alpha value is -2.43. The van der Waals surface area contributed by atoms with E-state index in [4.69, 9.17) is 21.7 Å². The lowest BCUT2D eigenvalue weighted by atomic mass is 10.2. The standard InChI is InChI=1S/C17H15N3O4S3/c1-23-11-4-3-10(7-12(11)24-2)8-13-15(22)20(17(25)27-13)9-14(21)19-16-18-5-6-26-16/h3-8H,9H2,1-2H3,(H,18,19,21)/b13-8+. The summed E-state index contributed by atoms with van der Waals surface area (Å²) in [6.45, 7) is -0.159. The number of thiazole rings is 1. The summed E-state index contributed by atoms with van der Waals surface area (Å²) in [5.74, 6) is 0.494. The van der Waals surface area contributed by atoms with Crippen molar-refractivity contribution >= 4 is 62.7 Å². The quantitative estimate of drug-likeness (QED) is 0.567. The number of hydrogen-bond donors (Lipinski definition) is 1. The molecule has 0 bridgehead atoms. The molecule has 2 amide bonds. The lowest BCUT2D eigenvalue weighted by Crippen LogP contribution is -2.36. The lowest BCUT2D eigenvalue weighted by Gasteiger charge is -2.13. The highest BCUT2D eigenvalue weighted by atomic mass is 32.2. The molecule has 2 aromatic rings. The van der Waals surface area contributed by atoms with Crippen molar-refractivity contribution in [3.63, 3.8) is 0 Å². The van der Waals surface area contributed by atoms with Gasteiger partial charge in [-0.2, -0.15) is 0 Å². The SMILES string of the molecule is COc1ccc(/C=C2/SC(=S)N(CC(=O)Nc3nccs3)C2=O)cc1OC. The zero-order valence-electron chi connectivity index (χ0n) is 14.4. The van der Waals surface area contributed by atoms with Crippen LogP contribution in [-0.2, 0) is 9.59 Å². The zero-order chi connectivity index (χ0) is 19.4. The van der Waals surface area contributed by atoms with E-state index in [-0.39, 0.29) is 18.4 Å². The maximum absolute atomic E-state index is 12.6. The predicted molar refractivity (Wildman–Crippen MR) is 110 cm³/mol. The van der Waals surface area contributed by atoms with E-state index in [0.29, 0.717) is 25.9 Å². The van der Waals surface area contributed by atoms with Crippen molar-refractivity contribution < 1.29 is 19.1 Å². The van der Waals surface area contributed by atoms with Crippen LogP contribution in [0.25, 0.3) is 6.08 Å². The van der Waals surface area contributed by atoms with Crippen molar-refractivity contribution in [2.45, 2.75) is 0 Å². The number of rotatable bonds is 6. The molecule has 0 spiro atoms. The molecule has 27 heavy (non-hydrogen) atoms. The van der Waals surface area contributed by atoms with Crippen LogP contribution in [0.2, 0.25) is 0 Å². The molecule has 1 aromatic carbocycles. The van der Waals surface area contributed by atoms with E-state index in [1.807, 2.05) is 6.07 Å². The minimum Gasteiger partial charge on any atom is -0.493 e. The monoisotopic (exact) mass is 421 g/mol. The first-order valence-electron chi connectivity index (χ1n) is 7.68. The number of benzene rings is 1. The van der Waals surface area contributed by atoms with Crippen LogP contribution in [0.5, 0.6) is 11.5 Å². The third kappa shape index (κ3) is 4.46. The Labute approximate surface area is 169 Å². The van der Waals surface area contributed by atoms with E-state index in [1.165, 1.54) is 16.2 Å². The second kappa shape index (κ2) is 8.51. The predicted octanol–water partition coefficient (Wildman–Crippen LogP) is 3.00. The molecule has 0 radical (unpaired) electrons. The Morgan fingerprint density at radius 1 is 1.33 bits per heavy atom. The molecule has 0 unspecified atom stereocenters. The number of aromatic nitrogens is 1. The van der Waals surface area contributed by atoms with E-state index in [1.54, 1.807) is 44.0 Å². The number of carbonyl (C=O) groups excluding carboxylic acids is 2. The van der Waals surface area contributed by atoms with Crippen LogP contribution in [-0.4, -0.2) is 46.8 Å². The number of hydrogen-bond acceptors (Lipinski definition) is 8. The molecular weight excluding hydrogens is 406 g/mol. The molecule has 7 nitrogen and oxygen atoms in total. The molecule has 0 atom stereocenters. The van der Waals surface area contributed by atoms with Gasteiger partial charge in [0.15, 0.2) is 16.6 Å². The number of anilines is 1. The number of thioether (sulfide) groups is 1. The van der Waals surface area contributed by atoms with Crippen molar-refractivity contribution in [2.24, 2.45) is 0 Å². The summed E-state index contributed by atoms with van der Waals surface area (Å²) in [5, 5.41) is 4.87. The molecule has 1 aliphatic rings. The molecule has 1 aromatic heterocycles. The summed E-state index contributed by atoms with van der Waals surface area (Å²) in [5.41, 5.74) is 0.764. The van der Waals surface area contributed by atoms with E-state index >= 15 is 0 Å². The third-order valence-corrected chi connectivity index (χ3v) is 5.63. The number of carbonyl (C=O) groups is 2. The Bertz CT molecular complexity index is 912. The average Bonchev–Trinajstić information content (AvgIpc) is 3.25. The van der Waals surface area contributed by atoms with Crippen LogP contribution >= 0.6 is 35.3 Å². The number of methoxy groups -OCH3 is 2. The van der Waals surface area contributed by atoms with Crippen molar-refractivity contribution in [3.05, 3.63) is 40.2 Å². The first-order chi connectivity index (χ1) is 13.0. The van der Waals surface area contributed by atoms with Crippen molar-refractivity contribution in [2.75, 3.05) is 26.1 Å². The van der Waals surface area contributed by atoms with Gasteiger partial charge in [-0.25, -0.2) is 4.98 Å². The average molecular weight is 422 g/mol. The minimum atomic E-state index is -0.353. The highest BCUT2D eigenvalue weighted by Crippen LogP contribution is 2.34. The molecule has 3 rings (SSSR count). The van der Waals surface area contributed by atoms with E-state index in [2.05, 4.69) is 10.3 Å². The van der Waals surface area contributed by atoms with Crippen LogP contribution < -0.4 is 14.8 Å². The maximum atomic E-state index is 12.6. The normalized spacial score (nSPS) is 15.3. The van der Waals surface area contributed by atoms with Crippen LogP contribution in [0, 0.1) is 0 Å². The van der Waals surface area contributed by atoms with E-state index < -0.39 is 0 Å². The summed E-state index contributed by atoms with van der Waals surface area (Å²) in [6, 6.07) is 5.33. The van der Waals surface area contributed by atoms with E-state index in [0.717, 1.165) is 17.3 Å². The van der Waals surface area contributed by atoms with Crippen LogP contribution in [0.15, 0.2) is 34.7 Å². The minimum absolute atomic E-state index is 0.159. The molecule has 1 aliphatic heterocycles. The van der Waals surface area contributed by atoms with Gasteiger partial charge < -0.3 is 14.8 Å². The van der Waals surface area contributed by atoms with Crippen molar-refractivity contribution in [3.8, 4) is 11.5 Å². The molecular formula is C17H15N3O4S3. The fraction of sp³-hybridized carbons (Fsp3) is 0.176. The Balaban J connectivity index is 1.73. The van der Waals surface area contributed by atoms with Gasteiger partial charge in [-0.15, -0.1) is 11.3 Å². The first kappa shape index (κ1) is 19.3. The summed E-state index contributed by atoms with van der Waals surface area (Å²) >= 11 is 7.71. The second-order valence-electron chi connectivity index (χ2n) is 5.27. The topological polar surface area (TPSA) is 80.8 Å². The summed E-state index contributed by atoms with van der Waals surface area (Å²) in [4.78, 5) is 30.4. The summed E-state index contributed by atoms with van der Waals surface area (Å²) < 4.78 is 10.8. The number of amides is 2. The smallest absolute Gasteiger partial charge is 0.266 e. The maximum Gasteiger partial charge on any atom is 0.266 e. The number of nitrogens with zero attached hydrogens (tertiary/aromatic N) is 2. The van der Waals surface area contributed by atoms with E-state index in [9.17, 15) is 9.59 Å². The third-order valence-electron chi connectivity index (χ3n) is 3.56. The van der Waals surface area contributed by atoms with Crippen molar-refractivity contribution in [1.29, 1.82) is 0 Å². The Kier molecular flexibility index (Phi) is 6.09. The van der Waals surface area contributed by atoms with Crippen LogP contribution in [0.4, 0.5) is 5.13 Å². The highest BCUT2D eigenvalue weighted by molar-refractivity contribution is 8.26. The second-order valence-corrected chi connectivity index (χ2v) is 7.84. The van der Waals surface area contributed by atoms with Gasteiger partial charge >= 0.3 is 0 Å². The summed E-state index contributed by atoms with van der Waals surface area (Å²) in [6.07, 6.45) is 3.30. The van der Waals surface area contributed by atoms with Gasteiger partial charge in [0.05, 0.1) is 19.1 Å².